The van der Waals surface area contributed by atoms with Crippen LogP contribution in [0.25, 0.3) is 0 Å². The number of nitrogen functional groups attached to an aromatic ring is 1. The Morgan fingerprint density at radius 2 is 2.07 bits per heavy atom. The number of aliphatic hydroxyl groups excluding tert-OH is 2. The first-order valence-electron chi connectivity index (χ1n) is 9.90. The van der Waals surface area contributed by atoms with Crippen LogP contribution < -0.4 is 11.4 Å². The summed E-state index contributed by atoms with van der Waals surface area (Å²) < 4.78 is 14.6. The zero-order valence-corrected chi connectivity index (χ0v) is 18.7. The second kappa shape index (κ2) is 10.1. The second-order valence-corrected chi connectivity index (χ2v) is 10.6. The number of aromatic nitrogens is 2. The molecule has 1 aliphatic heterocycles. The molecule has 1 fully saturated rings. The first-order valence-corrected chi connectivity index (χ1v) is 11.9. The number of anilines is 1. The summed E-state index contributed by atoms with van der Waals surface area (Å²) in [5.41, 5.74) is 4.79. The molecule has 1 saturated heterocycles. The van der Waals surface area contributed by atoms with Gasteiger partial charge < -0.3 is 0 Å². The summed E-state index contributed by atoms with van der Waals surface area (Å²) in [6.45, 7) is 7.12. The van der Waals surface area contributed by atoms with Gasteiger partial charge in [-0.05, 0) is 0 Å². The molecule has 1 aromatic heterocycles. The van der Waals surface area contributed by atoms with Crippen LogP contribution in [0.2, 0.25) is 0 Å². The van der Waals surface area contributed by atoms with Gasteiger partial charge in [-0.2, -0.15) is 0 Å². The van der Waals surface area contributed by atoms with Crippen LogP contribution in [-0.4, -0.2) is 72.5 Å². The maximum atomic E-state index is 12.2. The topological polar surface area (TPSA) is 167 Å². The molecule has 0 amide bonds. The monoisotopic (exact) mass is 445 g/mol. The third-order valence-electron chi connectivity index (χ3n) is 5.02. The molecule has 0 saturated carbocycles. The van der Waals surface area contributed by atoms with Crippen molar-refractivity contribution >= 4 is 13.7 Å². The molecule has 0 aliphatic carbocycles. The number of rotatable bonds is 9. The van der Waals surface area contributed by atoms with Crippen LogP contribution in [0, 0.1) is 11.3 Å². The van der Waals surface area contributed by atoms with E-state index in [2.05, 4.69) is 4.98 Å². The van der Waals surface area contributed by atoms with E-state index in [9.17, 15) is 19.9 Å². The molecule has 2 heterocycles. The summed E-state index contributed by atoms with van der Waals surface area (Å²) in [5, 5.41) is 29.7. The van der Waals surface area contributed by atoms with Gasteiger partial charge >= 0.3 is 176 Å². The normalized spacial score (nSPS) is 25.2. The SMILES string of the molecule is CC(C)N(C(C)C)[PH](O)(CCC#N)O[C@H]1[C@@H](O)[C@H](n2ccc(N)nc2=O)O[C@@H]1CO. The second-order valence-electron chi connectivity index (χ2n) is 7.86. The van der Waals surface area contributed by atoms with E-state index >= 15 is 0 Å². The summed E-state index contributed by atoms with van der Waals surface area (Å²) >= 11 is 0. The Labute approximate surface area is 176 Å². The van der Waals surface area contributed by atoms with Crippen molar-refractivity contribution in [1.29, 1.82) is 5.26 Å². The Morgan fingerprint density at radius 3 is 2.57 bits per heavy atom. The van der Waals surface area contributed by atoms with Gasteiger partial charge in [-0.15, -0.1) is 0 Å². The fourth-order valence-corrected chi connectivity index (χ4v) is 7.23. The minimum atomic E-state index is -3.71. The van der Waals surface area contributed by atoms with E-state index in [1.54, 1.807) is 0 Å². The Kier molecular flexibility index (Phi) is 8.30. The van der Waals surface area contributed by atoms with Crippen molar-refractivity contribution in [3.8, 4) is 6.07 Å². The van der Waals surface area contributed by atoms with Crippen LogP contribution in [-0.2, 0) is 9.26 Å². The number of nitrogens with two attached hydrogens (primary N) is 1. The van der Waals surface area contributed by atoms with E-state index in [4.69, 9.17) is 20.3 Å². The fourth-order valence-electron chi connectivity index (χ4n) is 3.95. The third kappa shape index (κ3) is 5.15. The van der Waals surface area contributed by atoms with Crippen molar-refractivity contribution < 1.29 is 24.4 Å². The van der Waals surface area contributed by atoms with Gasteiger partial charge in [0, 0.05) is 0 Å². The van der Waals surface area contributed by atoms with E-state index in [1.807, 2.05) is 38.4 Å². The Hall–Kier alpha value is -1.64. The minimum absolute atomic E-state index is 0.0260. The molecule has 1 aromatic rings. The summed E-state index contributed by atoms with van der Waals surface area (Å²) in [6.07, 6.45) is -3.15. The van der Waals surface area contributed by atoms with E-state index in [-0.39, 0.29) is 30.5 Å². The van der Waals surface area contributed by atoms with Crippen LogP contribution >= 0.6 is 7.87 Å². The average Bonchev–Trinajstić information content (AvgIpc) is 2.95. The molecule has 0 bridgehead atoms. The zero-order valence-electron chi connectivity index (χ0n) is 17.7. The van der Waals surface area contributed by atoms with Crippen LogP contribution in [0.3, 0.4) is 0 Å². The molecule has 0 spiro atoms. The van der Waals surface area contributed by atoms with Gasteiger partial charge in [0.2, 0.25) is 0 Å². The van der Waals surface area contributed by atoms with Crippen LogP contribution in [0.5, 0.6) is 0 Å². The number of nitrogens with zero attached hydrogens (tertiary/aromatic N) is 4. The zero-order chi connectivity index (χ0) is 22.6. The number of hydrogen-bond donors (Lipinski definition) is 4. The summed E-state index contributed by atoms with van der Waals surface area (Å²) in [6, 6.07) is 3.23. The van der Waals surface area contributed by atoms with Crippen molar-refractivity contribution in [2.24, 2.45) is 0 Å². The van der Waals surface area contributed by atoms with Crippen LogP contribution in [0.15, 0.2) is 17.1 Å². The summed E-state index contributed by atoms with van der Waals surface area (Å²) in [4.78, 5) is 27.3. The van der Waals surface area contributed by atoms with E-state index < -0.39 is 44.7 Å². The molecule has 0 aromatic carbocycles. The molecule has 1 aliphatic rings. The average molecular weight is 445 g/mol. The molecular weight excluding hydrogens is 413 g/mol. The molecule has 4 atom stereocenters. The molecule has 170 valence electrons. The van der Waals surface area contributed by atoms with Gasteiger partial charge in [0.05, 0.1) is 0 Å². The first kappa shape index (κ1) is 24.6. The Bertz CT molecular complexity index is 807. The summed E-state index contributed by atoms with van der Waals surface area (Å²) in [7, 11) is -3.71. The van der Waals surface area contributed by atoms with Crippen LogP contribution in [0.4, 0.5) is 5.82 Å². The van der Waals surface area contributed by atoms with Gasteiger partial charge in [0.1, 0.15) is 0 Å². The van der Waals surface area contributed by atoms with Gasteiger partial charge in [0.15, 0.2) is 0 Å². The van der Waals surface area contributed by atoms with Crippen molar-refractivity contribution in [3.63, 3.8) is 0 Å². The van der Waals surface area contributed by atoms with E-state index in [0.717, 1.165) is 4.57 Å². The molecule has 2 rings (SSSR count). The van der Waals surface area contributed by atoms with Gasteiger partial charge in [-0.25, -0.2) is 0 Å². The number of aliphatic hydroxyl groups is 2. The molecule has 12 heteroatoms. The number of ether oxygens (including phenoxy) is 1. The van der Waals surface area contributed by atoms with Crippen molar-refractivity contribution in [1.82, 2.24) is 14.2 Å². The maximum absolute atomic E-state index is 12.2. The van der Waals surface area contributed by atoms with Crippen molar-refractivity contribution in [2.45, 2.75) is 70.7 Å². The first-order chi connectivity index (χ1) is 14.1. The van der Waals surface area contributed by atoms with E-state index in [0.29, 0.717) is 0 Å². The van der Waals surface area contributed by atoms with Crippen LogP contribution in [0.1, 0.15) is 40.3 Å². The molecule has 11 nitrogen and oxygen atoms in total. The van der Waals surface area contributed by atoms with Gasteiger partial charge in [-0.1, -0.05) is 0 Å². The van der Waals surface area contributed by atoms with Gasteiger partial charge in [0.25, 0.3) is 0 Å². The predicted molar refractivity (Wildman–Crippen MR) is 113 cm³/mol. The molecule has 0 radical (unpaired) electrons. The molecule has 0 unspecified atom stereocenters. The predicted octanol–water partition coefficient (Wildman–Crippen LogP) is -0.0190. The number of nitriles is 1. The van der Waals surface area contributed by atoms with Gasteiger partial charge in [-0.3, -0.25) is 0 Å². The standard InChI is InChI=1S/C18H32N5O6P/c1-11(2)23(12(3)4)30(27,9-5-7-19)29-16-13(10-24)28-17(15(16)25)22-8-6-14(20)21-18(22)26/h6,8,11-13,15-17,24-25,27,30H,5,9-10H2,1-4H3,(H2,20,21,26)/t13-,15-,16-,17-/m1/s1. The van der Waals surface area contributed by atoms with Crippen molar-refractivity contribution in [3.05, 3.63) is 22.7 Å². The van der Waals surface area contributed by atoms with E-state index in [1.165, 1.54) is 12.3 Å². The number of hydrogen-bond acceptors (Lipinski definition) is 10. The fraction of sp³-hybridized carbons (Fsp3) is 0.722. The molecular formula is C18H32N5O6P. The Morgan fingerprint density at radius 1 is 1.43 bits per heavy atom. The Balaban J connectivity index is 2.38. The van der Waals surface area contributed by atoms with Crippen molar-refractivity contribution in [2.75, 3.05) is 18.5 Å². The quantitative estimate of drug-likeness (QED) is 0.379. The molecule has 30 heavy (non-hydrogen) atoms. The summed E-state index contributed by atoms with van der Waals surface area (Å²) in [5.74, 6) is 0.0260. The molecule has 5 N–H and O–H groups in total. The third-order valence-corrected chi connectivity index (χ3v) is 8.41.